The van der Waals surface area contributed by atoms with Crippen LogP contribution in [0.1, 0.15) is 31.9 Å². The Kier molecular flexibility index (Phi) is 3.76. The number of rotatable bonds is 3. The molecule has 1 unspecified atom stereocenters. The highest BCUT2D eigenvalue weighted by Crippen LogP contribution is 2.32. The fourth-order valence-corrected chi connectivity index (χ4v) is 1.49. The molecule has 0 aliphatic rings. The van der Waals surface area contributed by atoms with Gasteiger partial charge in [0.15, 0.2) is 0 Å². The van der Waals surface area contributed by atoms with Crippen molar-refractivity contribution >= 4 is 5.97 Å². The van der Waals surface area contributed by atoms with Gasteiger partial charge in [-0.3, -0.25) is 0 Å². The van der Waals surface area contributed by atoms with Crippen LogP contribution in [-0.4, -0.2) is 17.4 Å². The van der Waals surface area contributed by atoms with Crippen molar-refractivity contribution in [2.75, 3.05) is 0 Å². The van der Waals surface area contributed by atoms with Gasteiger partial charge in [-0.25, -0.2) is 4.79 Å². The molecule has 94 valence electrons. The number of aliphatic carboxylic acids is 1. The minimum absolute atomic E-state index is 0.237. The van der Waals surface area contributed by atoms with Gasteiger partial charge in [-0.1, -0.05) is 38.5 Å². The maximum absolute atomic E-state index is 13.1. The zero-order valence-corrected chi connectivity index (χ0v) is 10.5. The monoisotopic (exact) mass is 240 g/mol. The predicted octanol–water partition coefficient (Wildman–Crippen LogP) is 3.05. The number of alkyl halides is 1. The number of halogens is 1. The lowest BCUT2D eigenvalue weighted by Gasteiger charge is -2.23. The number of carbonyl (C=O) groups is 1. The van der Waals surface area contributed by atoms with E-state index in [0.717, 1.165) is 11.1 Å². The topological polar surface area (TPSA) is 46.5 Å². The van der Waals surface area contributed by atoms with Crippen molar-refractivity contribution < 1.29 is 19.0 Å². The van der Waals surface area contributed by atoms with Crippen LogP contribution in [0.5, 0.6) is 5.75 Å². The van der Waals surface area contributed by atoms with Crippen molar-refractivity contribution in [3.8, 4) is 5.75 Å². The van der Waals surface area contributed by atoms with Gasteiger partial charge in [0.1, 0.15) is 5.75 Å². The summed E-state index contributed by atoms with van der Waals surface area (Å²) < 4.78 is 17.9. The molecule has 0 amide bonds. The van der Waals surface area contributed by atoms with Crippen LogP contribution >= 0.6 is 0 Å². The molecule has 0 aromatic heterocycles. The van der Waals surface area contributed by atoms with Crippen molar-refractivity contribution in [3.05, 3.63) is 29.3 Å². The summed E-state index contributed by atoms with van der Waals surface area (Å²) in [4.78, 5) is 10.4. The zero-order valence-electron chi connectivity index (χ0n) is 10.5. The van der Waals surface area contributed by atoms with Gasteiger partial charge in [-0.2, -0.15) is 4.39 Å². The Morgan fingerprint density at radius 3 is 2.47 bits per heavy atom. The summed E-state index contributed by atoms with van der Waals surface area (Å²) in [6.07, 6.45) is -2.33. The molecule has 0 aliphatic heterocycles. The first kappa shape index (κ1) is 13.5. The maximum Gasteiger partial charge on any atom is 0.378 e. The maximum atomic E-state index is 13.1. The second-order valence-corrected chi connectivity index (χ2v) is 5.02. The first-order valence-electron chi connectivity index (χ1n) is 5.36. The van der Waals surface area contributed by atoms with Gasteiger partial charge >= 0.3 is 12.3 Å². The molecule has 4 heteroatoms. The van der Waals surface area contributed by atoms with Crippen LogP contribution in [0.25, 0.3) is 0 Å². The molecule has 0 fully saturated rings. The van der Waals surface area contributed by atoms with Crippen LogP contribution in [0, 0.1) is 6.92 Å². The van der Waals surface area contributed by atoms with Crippen molar-refractivity contribution in [3.63, 3.8) is 0 Å². The minimum atomic E-state index is -2.33. The number of benzene rings is 1. The van der Waals surface area contributed by atoms with Crippen LogP contribution in [0.3, 0.4) is 0 Å². The third-order valence-corrected chi connectivity index (χ3v) is 2.37. The normalized spacial score (nSPS) is 13.2. The standard InChI is InChI=1S/C13H17FO3/c1-8-5-6-10(17-11(14)12(15)16)9(7-8)13(2,3)4/h5-7,11H,1-4H3,(H,15,16). The van der Waals surface area contributed by atoms with Gasteiger partial charge in [-0.15, -0.1) is 0 Å². The Labute approximate surface area is 100 Å². The summed E-state index contributed by atoms with van der Waals surface area (Å²) in [5.74, 6) is -1.34. The number of carboxylic acid groups (broad SMARTS) is 1. The molecule has 1 aromatic carbocycles. The van der Waals surface area contributed by atoms with Gasteiger partial charge < -0.3 is 9.84 Å². The zero-order chi connectivity index (χ0) is 13.2. The van der Waals surface area contributed by atoms with E-state index in [-0.39, 0.29) is 11.2 Å². The SMILES string of the molecule is Cc1ccc(OC(F)C(=O)O)c(C(C)(C)C)c1. The second kappa shape index (κ2) is 4.73. The largest absolute Gasteiger partial charge is 0.476 e. The lowest BCUT2D eigenvalue weighted by molar-refractivity contribution is -0.153. The Bertz CT molecular complexity index is 421. The highest BCUT2D eigenvalue weighted by molar-refractivity contribution is 5.71. The summed E-state index contributed by atoms with van der Waals surface area (Å²) in [5, 5.41) is 8.49. The van der Waals surface area contributed by atoms with Gasteiger partial charge in [0, 0.05) is 0 Å². The van der Waals surface area contributed by atoms with E-state index >= 15 is 0 Å². The van der Waals surface area contributed by atoms with Gasteiger partial charge in [0.2, 0.25) is 0 Å². The molecule has 0 aliphatic carbocycles. The predicted molar refractivity (Wildman–Crippen MR) is 63.0 cm³/mol. The highest BCUT2D eigenvalue weighted by atomic mass is 19.1. The first-order valence-corrected chi connectivity index (χ1v) is 5.36. The summed E-state index contributed by atoms with van der Waals surface area (Å²) in [7, 11) is 0. The summed E-state index contributed by atoms with van der Waals surface area (Å²) >= 11 is 0. The minimum Gasteiger partial charge on any atom is -0.476 e. The Morgan fingerprint density at radius 1 is 1.41 bits per heavy atom. The molecule has 0 heterocycles. The lowest BCUT2D eigenvalue weighted by atomic mass is 9.85. The molecule has 1 atom stereocenters. The number of aryl methyl sites for hydroxylation is 1. The third kappa shape index (κ3) is 3.44. The van der Waals surface area contributed by atoms with E-state index in [1.54, 1.807) is 12.1 Å². The number of hydrogen-bond acceptors (Lipinski definition) is 2. The molecule has 3 nitrogen and oxygen atoms in total. The molecular weight excluding hydrogens is 223 g/mol. The fraction of sp³-hybridized carbons (Fsp3) is 0.462. The Balaban J connectivity index is 3.11. The molecule has 0 spiro atoms. The van der Waals surface area contributed by atoms with E-state index in [0.29, 0.717) is 0 Å². The summed E-state index contributed by atoms with van der Waals surface area (Å²) in [6.45, 7) is 7.80. The van der Waals surface area contributed by atoms with Crippen LogP contribution < -0.4 is 4.74 Å². The smallest absolute Gasteiger partial charge is 0.378 e. The fourth-order valence-electron chi connectivity index (χ4n) is 1.49. The van der Waals surface area contributed by atoms with Gasteiger partial charge in [0.05, 0.1) is 0 Å². The summed E-state index contributed by atoms with van der Waals surface area (Å²) in [6, 6.07) is 5.24. The van der Waals surface area contributed by atoms with Crippen molar-refractivity contribution in [1.29, 1.82) is 0 Å². The average Bonchev–Trinajstić information content (AvgIpc) is 2.18. The van der Waals surface area contributed by atoms with E-state index in [9.17, 15) is 9.18 Å². The van der Waals surface area contributed by atoms with E-state index in [2.05, 4.69) is 0 Å². The Morgan fingerprint density at radius 2 is 2.00 bits per heavy atom. The summed E-state index contributed by atoms with van der Waals surface area (Å²) in [5.41, 5.74) is 1.58. The Hall–Kier alpha value is -1.58. The number of ether oxygens (including phenoxy) is 1. The van der Waals surface area contributed by atoms with E-state index in [4.69, 9.17) is 9.84 Å². The molecular formula is C13H17FO3. The van der Waals surface area contributed by atoms with Crippen molar-refractivity contribution in [2.45, 2.75) is 39.5 Å². The van der Waals surface area contributed by atoms with Crippen LogP contribution in [0.2, 0.25) is 0 Å². The molecule has 1 rings (SSSR count). The molecule has 1 aromatic rings. The molecule has 0 bridgehead atoms. The van der Waals surface area contributed by atoms with E-state index in [1.165, 1.54) is 0 Å². The van der Waals surface area contributed by atoms with Crippen LogP contribution in [0.15, 0.2) is 18.2 Å². The van der Waals surface area contributed by atoms with Crippen LogP contribution in [-0.2, 0) is 10.2 Å². The molecule has 1 N–H and O–H groups in total. The van der Waals surface area contributed by atoms with Crippen LogP contribution in [0.4, 0.5) is 4.39 Å². The third-order valence-electron chi connectivity index (χ3n) is 2.37. The number of carboxylic acids is 1. The second-order valence-electron chi connectivity index (χ2n) is 5.02. The highest BCUT2D eigenvalue weighted by Gasteiger charge is 2.23. The van der Waals surface area contributed by atoms with E-state index < -0.39 is 12.3 Å². The van der Waals surface area contributed by atoms with Gasteiger partial charge in [-0.05, 0) is 24.0 Å². The molecule has 0 radical (unpaired) electrons. The van der Waals surface area contributed by atoms with E-state index in [1.807, 2.05) is 33.8 Å². The first-order chi connectivity index (χ1) is 7.71. The van der Waals surface area contributed by atoms with Crippen molar-refractivity contribution in [1.82, 2.24) is 0 Å². The lowest BCUT2D eigenvalue weighted by Crippen LogP contribution is -2.23. The molecule has 17 heavy (non-hydrogen) atoms. The average molecular weight is 240 g/mol. The number of hydrogen-bond donors (Lipinski definition) is 1. The molecule has 0 saturated heterocycles. The molecule has 0 saturated carbocycles. The quantitative estimate of drug-likeness (QED) is 0.883. The van der Waals surface area contributed by atoms with Gasteiger partial charge in [0.25, 0.3) is 0 Å². The van der Waals surface area contributed by atoms with Crippen molar-refractivity contribution in [2.24, 2.45) is 0 Å².